The van der Waals surface area contributed by atoms with Gasteiger partial charge in [0.25, 0.3) is 0 Å². The Labute approximate surface area is 153 Å². The lowest BCUT2D eigenvalue weighted by atomic mass is 9.85. The van der Waals surface area contributed by atoms with E-state index in [1.165, 1.54) is 0 Å². The van der Waals surface area contributed by atoms with E-state index in [9.17, 15) is 4.79 Å². The van der Waals surface area contributed by atoms with E-state index in [1.807, 2.05) is 27.7 Å². The van der Waals surface area contributed by atoms with Crippen molar-refractivity contribution in [2.75, 3.05) is 6.61 Å². The van der Waals surface area contributed by atoms with Crippen molar-refractivity contribution in [2.45, 2.75) is 53.2 Å². The Morgan fingerprint density at radius 3 is 2.17 bits per heavy atom. The van der Waals surface area contributed by atoms with Crippen molar-refractivity contribution in [1.82, 2.24) is 0 Å². The summed E-state index contributed by atoms with van der Waals surface area (Å²) in [5, 5.41) is 1.39. The largest absolute Gasteiger partial charge is 0.463 e. The third kappa shape index (κ3) is 5.82. The van der Waals surface area contributed by atoms with E-state index >= 15 is 0 Å². The van der Waals surface area contributed by atoms with Gasteiger partial charge in [0.05, 0.1) is 18.1 Å². The van der Waals surface area contributed by atoms with Gasteiger partial charge in [-0.25, -0.2) is 0 Å². The lowest BCUT2D eigenvalue weighted by molar-refractivity contribution is -0.159. The second-order valence-electron chi connectivity index (χ2n) is 5.84. The molecule has 1 rings (SSSR count). The maximum Gasteiger partial charge on any atom is 0.311 e. The van der Waals surface area contributed by atoms with Crippen molar-refractivity contribution in [3.05, 3.63) is 32.8 Å². The van der Waals surface area contributed by atoms with Crippen LogP contribution in [0.1, 0.15) is 46.1 Å². The lowest BCUT2D eigenvalue weighted by Gasteiger charge is -2.25. The van der Waals surface area contributed by atoms with Crippen LogP contribution in [0.4, 0.5) is 0 Å². The highest BCUT2D eigenvalue weighted by Gasteiger charge is 2.31. The number of hydrogen-bond donors (Lipinski definition) is 0. The molecule has 0 aliphatic carbocycles. The molecule has 23 heavy (non-hydrogen) atoms. The van der Waals surface area contributed by atoms with Crippen LogP contribution >= 0.6 is 34.8 Å². The fourth-order valence-electron chi connectivity index (χ4n) is 1.89. The normalized spacial score (nSPS) is 13.0. The number of ether oxygens (including phenoxy) is 2. The fourth-order valence-corrected chi connectivity index (χ4v) is 2.82. The molecule has 0 saturated heterocycles. The van der Waals surface area contributed by atoms with Crippen molar-refractivity contribution >= 4 is 40.8 Å². The Morgan fingerprint density at radius 1 is 1.17 bits per heavy atom. The molecule has 0 amide bonds. The van der Waals surface area contributed by atoms with Crippen LogP contribution in [0.25, 0.3) is 0 Å². The smallest absolute Gasteiger partial charge is 0.311 e. The molecule has 0 saturated carbocycles. The van der Waals surface area contributed by atoms with E-state index < -0.39 is 5.41 Å². The Hall–Kier alpha value is -0.480. The summed E-state index contributed by atoms with van der Waals surface area (Å²) in [6.07, 6.45) is 1.22. The van der Waals surface area contributed by atoms with Gasteiger partial charge >= 0.3 is 5.97 Å². The maximum absolute atomic E-state index is 12.1. The van der Waals surface area contributed by atoms with Gasteiger partial charge in [0.1, 0.15) is 6.61 Å². The second kappa shape index (κ2) is 9.12. The fraction of sp³-hybridized carbons (Fsp3) is 0.588. The van der Waals surface area contributed by atoms with E-state index in [2.05, 4.69) is 0 Å². The molecule has 0 aliphatic heterocycles. The highest BCUT2D eigenvalue weighted by atomic mass is 35.5. The van der Waals surface area contributed by atoms with Gasteiger partial charge < -0.3 is 9.47 Å². The van der Waals surface area contributed by atoms with Gasteiger partial charge in [-0.3, -0.25) is 4.79 Å². The van der Waals surface area contributed by atoms with Crippen molar-refractivity contribution < 1.29 is 14.3 Å². The number of hydrogen-bond acceptors (Lipinski definition) is 3. The standard InChI is InChI=1S/C17H23Cl3O3/c1-5-17(4,6-2)16(21)23-9-11(3)22-10-13-14(19)7-12(18)8-15(13)20/h7-8,11H,5-6,9-10H2,1-4H3. The summed E-state index contributed by atoms with van der Waals surface area (Å²) in [7, 11) is 0. The number of carbonyl (C=O) groups excluding carboxylic acids is 1. The molecule has 0 radical (unpaired) electrons. The van der Waals surface area contributed by atoms with Crippen molar-refractivity contribution in [3.63, 3.8) is 0 Å². The molecule has 1 aromatic carbocycles. The number of benzene rings is 1. The van der Waals surface area contributed by atoms with Crippen LogP contribution in [-0.4, -0.2) is 18.7 Å². The summed E-state index contributed by atoms with van der Waals surface area (Å²) in [5.41, 5.74) is 0.227. The van der Waals surface area contributed by atoms with Crippen LogP contribution in [0.15, 0.2) is 12.1 Å². The minimum absolute atomic E-state index is 0.192. The monoisotopic (exact) mass is 380 g/mol. The zero-order valence-electron chi connectivity index (χ0n) is 13.9. The molecule has 130 valence electrons. The van der Waals surface area contributed by atoms with E-state index in [-0.39, 0.29) is 25.3 Å². The molecule has 0 spiro atoms. The first-order valence-electron chi connectivity index (χ1n) is 7.65. The first kappa shape index (κ1) is 20.6. The first-order chi connectivity index (χ1) is 10.7. The average Bonchev–Trinajstić information content (AvgIpc) is 2.50. The molecule has 0 N–H and O–H groups in total. The van der Waals surface area contributed by atoms with Gasteiger partial charge in [0.2, 0.25) is 0 Å². The zero-order valence-corrected chi connectivity index (χ0v) is 16.2. The predicted octanol–water partition coefficient (Wildman–Crippen LogP) is 5.92. The molecule has 1 atom stereocenters. The average molecular weight is 382 g/mol. The summed E-state index contributed by atoms with van der Waals surface area (Å²) in [5.74, 6) is -0.194. The van der Waals surface area contributed by atoms with Crippen LogP contribution in [-0.2, 0) is 20.9 Å². The van der Waals surface area contributed by atoms with Gasteiger partial charge in [-0.05, 0) is 38.8 Å². The Bertz CT molecular complexity index is 519. The van der Waals surface area contributed by atoms with Crippen LogP contribution in [0, 0.1) is 5.41 Å². The third-order valence-corrected chi connectivity index (χ3v) is 5.01. The highest BCUT2D eigenvalue weighted by molar-refractivity contribution is 6.39. The third-order valence-electron chi connectivity index (χ3n) is 4.12. The van der Waals surface area contributed by atoms with Gasteiger partial charge in [0, 0.05) is 20.6 Å². The summed E-state index contributed by atoms with van der Waals surface area (Å²) in [6.45, 7) is 8.13. The molecule has 1 aromatic rings. The zero-order chi connectivity index (χ0) is 17.6. The van der Waals surface area contributed by atoms with E-state index in [4.69, 9.17) is 44.3 Å². The van der Waals surface area contributed by atoms with Gasteiger partial charge in [-0.1, -0.05) is 48.7 Å². The summed E-state index contributed by atoms with van der Waals surface area (Å²) < 4.78 is 11.0. The molecule has 0 aliphatic rings. The number of carbonyl (C=O) groups is 1. The minimum atomic E-state index is -0.442. The topological polar surface area (TPSA) is 35.5 Å². The lowest BCUT2D eigenvalue weighted by Crippen LogP contribution is -2.31. The SMILES string of the molecule is CCC(C)(CC)C(=O)OCC(C)OCc1c(Cl)cc(Cl)cc1Cl. The number of esters is 1. The second-order valence-corrected chi connectivity index (χ2v) is 7.09. The molecule has 0 fully saturated rings. The predicted molar refractivity (Wildman–Crippen MR) is 95.4 cm³/mol. The van der Waals surface area contributed by atoms with E-state index in [0.717, 1.165) is 12.8 Å². The number of rotatable bonds is 8. The molecular weight excluding hydrogens is 359 g/mol. The van der Waals surface area contributed by atoms with Gasteiger partial charge in [-0.15, -0.1) is 0 Å². The van der Waals surface area contributed by atoms with Gasteiger partial charge in [0.15, 0.2) is 0 Å². The Balaban J connectivity index is 2.53. The van der Waals surface area contributed by atoms with Crippen molar-refractivity contribution in [3.8, 4) is 0 Å². The van der Waals surface area contributed by atoms with E-state index in [1.54, 1.807) is 12.1 Å². The molecular formula is C17H23Cl3O3. The molecule has 0 bridgehead atoms. The van der Waals surface area contributed by atoms with Crippen LogP contribution in [0.2, 0.25) is 15.1 Å². The first-order valence-corrected chi connectivity index (χ1v) is 8.79. The summed E-state index contributed by atoms with van der Waals surface area (Å²) >= 11 is 18.1. The molecule has 1 unspecified atom stereocenters. The van der Waals surface area contributed by atoms with E-state index in [0.29, 0.717) is 20.6 Å². The summed E-state index contributed by atoms with van der Waals surface area (Å²) in [4.78, 5) is 12.1. The van der Waals surface area contributed by atoms with Crippen molar-refractivity contribution in [1.29, 1.82) is 0 Å². The van der Waals surface area contributed by atoms with Gasteiger partial charge in [-0.2, -0.15) is 0 Å². The molecule has 6 heteroatoms. The summed E-state index contributed by atoms with van der Waals surface area (Å²) in [6, 6.07) is 3.23. The van der Waals surface area contributed by atoms with Crippen LogP contribution in [0.5, 0.6) is 0 Å². The Morgan fingerprint density at radius 2 is 1.70 bits per heavy atom. The quantitative estimate of drug-likeness (QED) is 0.524. The maximum atomic E-state index is 12.1. The van der Waals surface area contributed by atoms with Crippen LogP contribution in [0.3, 0.4) is 0 Å². The molecule has 0 aromatic heterocycles. The van der Waals surface area contributed by atoms with Crippen molar-refractivity contribution in [2.24, 2.45) is 5.41 Å². The highest BCUT2D eigenvalue weighted by Crippen LogP contribution is 2.30. The van der Waals surface area contributed by atoms with Crippen LogP contribution < -0.4 is 0 Å². The Kier molecular flexibility index (Phi) is 8.15. The molecule has 0 heterocycles. The minimum Gasteiger partial charge on any atom is -0.463 e. The molecule has 3 nitrogen and oxygen atoms in total. The number of halogens is 3.